The number of rotatable bonds is 3. The second kappa shape index (κ2) is 4.94. The van der Waals surface area contributed by atoms with E-state index in [0.717, 1.165) is 45.4 Å². The zero-order chi connectivity index (χ0) is 10.7. The van der Waals surface area contributed by atoms with Crippen molar-refractivity contribution in [3.05, 3.63) is 0 Å². The molecule has 2 rings (SSSR count). The standard InChI is InChI=1S/C11H20N2O2/c1-12-8-9-4-2-6-13(9)11(14)10-5-3-7-15-10/h9-10,12H,2-8H2,1H3/t9?,10-/m1/s1. The van der Waals surface area contributed by atoms with Gasteiger partial charge in [0.25, 0.3) is 5.91 Å². The lowest BCUT2D eigenvalue weighted by molar-refractivity contribution is -0.141. The maximum atomic E-state index is 12.1. The van der Waals surface area contributed by atoms with Crippen LogP contribution in [0.15, 0.2) is 0 Å². The van der Waals surface area contributed by atoms with Crippen molar-refractivity contribution >= 4 is 5.91 Å². The van der Waals surface area contributed by atoms with Crippen LogP contribution in [0.25, 0.3) is 0 Å². The van der Waals surface area contributed by atoms with Gasteiger partial charge >= 0.3 is 0 Å². The Bertz CT molecular complexity index is 227. The Morgan fingerprint density at radius 3 is 3.00 bits per heavy atom. The number of nitrogens with zero attached hydrogens (tertiary/aromatic N) is 1. The Labute approximate surface area is 91.0 Å². The Kier molecular flexibility index (Phi) is 3.59. The number of likely N-dealkylation sites (N-methyl/N-ethyl adjacent to an activating group) is 1. The van der Waals surface area contributed by atoms with Gasteiger partial charge in [-0.25, -0.2) is 0 Å². The summed E-state index contributed by atoms with van der Waals surface area (Å²) in [5.74, 6) is 0.213. The summed E-state index contributed by atoms with van der Waals surface area (Å²) in [7, 11) is 1.94. The van der Waals surface area contributed by atoms with Crippen molar-refractivity contribution in [3.63, 3.8) is 0 Å². The third-order valence-corrected chi connectivity index (χ3v) is 3.31. The molecule has 0 radical (unpaired) electrons. The van der Waals surface area contributed by atoms with Crippen LogP contribution < -0.4 is 5.32 Å². The Hall–Kier alpha value is -0.610. The minimum Gasteiger partial charge on any atom is -0.368 e. The summed E-state index contributed by atoms with van der Waals surface area (Å²) in [6.45, 7) is 2.56. The van der Waals surface area contributed by atoms with E-state index < -0.39 is 0 Å². The fourth-order valence-corrected chi connectivity index (χ4v) is 2.53. The average Bonchev–Trinajstić information content (AvgIpc) is 2.87. The molecule has 1 unspecified atom stereocenters. The van der Waals surface area contributed by atoms with Crippen LogP contribution in [0, 0.1) is 0 Å². The number of amides is 1. The molecule has 4 nitrogen and oxygen atoms in total. The van der Waals surface area contributed by atoms with Gasteiger partial charge in [-0.05, 0) is 32.7 Å². The van der Waals surface area contributed by atoms with Crippen LogP contribution >= 0.6 is 0 Å². The monoisotopic (exact) mass is 212 g/mol. The molecule has 0 aromatic carbocycles. The van der Waals surface area contributed by atoms with Crippen LogP contribution in [-0.4, -0.2) is 49.7 Å². The molecule has 1 amide bonds. The third-order valence-electron chi connectivity index (χ3n) is 3.31. The summed E-state index contributed by atoms with van der Waals surface area (Å²) in [6.07, 6.45) is 4.04. The van der Waals surface area contributed by atoms with Crippen molar-refractivity contribution in [3.8, 4) is 0 Å². The number of carbonyl (C=O) groups excluding carboxylic acids is 1. The second-order valence-corrected chi connectivity index (χ2v) is 4.39. The van der Waals surface area contributed by atoms with Gasteiger partial charge in [-0.1, -0.05) is 0 Å². The highest BCUT2D eigenvalue weighted by molar-refractivity contribution is 5.81. The molecule has 0 aromatic heterocycles. The number of nitrogens with one attached hydrogen (secondary N) is 1. The van der Waals surface area contributed by atoms with Crippen molar-refractivity contribution in [2.45, 2.75) is 37.8 Å². The molecule has 0 spiro atoms. The molecule has 1 N–H and O–H groups in total. The number of hydrogen-bond acceptors (Lipinski definition) is 3. The summed E-state index contributed by atoms with van der Waals surface area (Å²) >= 11 is 0. The average molecular weight is 212 g/mol. The molecule has 2 saturated heterocycles. The molecule has 15 heavy (non-hydrogen) atoms. The van der Waals surface area contributed by atoms with E-state index in [1.54, 1.807) is 0 Å². The maximum Gasteiger partial charge on any atom is 0.251 e. The Balaban J connectivity index is 1.92. The molecule has 2 heterocycles. The van der Waals surface area contributed by atoms with E-state index in [9.17, 15) is 4.79 Å². The van der Waals surface area contributed by atoms with Crippen LogP contribution in [0.4, 0.5) is 0 Å². The van der Waals surface area contributed by atoms with Gasteiger partial charge in [0.15, 0.2) is 0 Å². The largest absolute Gasteiger partial charge is 0.368 e. The van der Waals surface area contributed by atoms with Gasteiger partial charge < -0.3 is 15.0 Å². The number of likely N-dealkylation sites (tertiary alicyclic amines) is 1. The van der Waals surface area contributed by atoms with Crippen LogP contribution in [0.3, 0.4) is 0 Å². The third kappa shape index (κ3) is 2.32. The van der Waals surface area contributed by atoms with Crippen molar-refractivity contribution in [1.29, 1.82) is 0 Å². The van der Waals surface area contributed by atoms with Gasteiger partial charge in [0, 0.05) is 25.7 Å². The van der Waals surface area contributed by atoms with Gasteiger partial charge in [0.2, 0.25) is 0 Å². The first-order valence-corrected chi connectivity index (χ1v) is 5.89. The highest BCUT2D eigenvalue weighted by Crippen LogP contribution is 2.22. The van der Waals surface area contributed by atoms with Crippen LogP contribution in [-0.2, 0) is 9.53 Å². The molecular weight excluding hydrogens is 192 g/mol. The fourth-order valence-electron chi connectivity index (χ4n) is 2.53. The Morgan fingerprint density at radius 2 is 2.33 bits per heavy atom. The molecule has 86 valence electrons. The second-order valence-electron chi connectivity index (χ2n) is 4.39. The molecule has 2 aliphatic heterocycles. The first-order chi connectivity index (χ1) is 7.33. The van der Waals surface area contributed by atoms with E-state index in [-0.39, 0.29) is 12.0 Å². The summed E-state index contributed by atoms with van der Waals surface area (Å²) in [5, 5.41) is 3.15. The zero-order valence-corrected chi connectivity index (χ0v) is 9.37. The topological polar surface area (TPSA) is 41.6 Å². The molecule has 0 saturated carbocycles. The minimum atomic E-state index is -0.151. The lowest BCUT2D eigenvalue weighted by atomic mass is 10.2. The molecule has 0 bridgehead atoms. The summed E-state index contributed by atoms with van der Waals surface area (Å²) < 4.78 is 5.44. The highest BCUT2D eigenvalue weighted by atomic mass is 16.5. The predicted molar refractivity (Wildman–Crippen MR) is 57.6 cm³/mol. The number of ether oxygens (including phenoxy) is 1. The molecule has 2 fully saturated rings. The molecule has 2 atom stereocenters. The van der Waals surface area contributed by atoms with E-state index in [2.05, 4.69) is 5.32 Å². The van der Waals surface area contributed by atoms with Crippen molar-refractivity contribution in [2.24, 2.45) is 0 Å². The van der Waals surface area contributed by atoms with Crippen molar-refractivity contribution < 1.29 is 9.53 Å². The lowest BCUT2D eigenvalue weighted by Crippen LogP contribution is -2.45. The summed E-state index contributed by atoms with van der Waals surface area (Å²) in [4.78, 5) is 14.1. The van der Waals surface area contributed by atoms with Gasteiger partial charge in [-0.2, -0.15) is 0 Å². The number of hydrogen-bond donors (Lipinski definition) is 1. The lowest BCUT2D eigenvalue weighted by Gasteiger charge is -2.26. The van der Waals surface area contributed by atoms with Gasteiger partial charge in [0.1, 0.15) is 6.10 Å². The van der Waals surface area contributed by atoms with E-state index in [1.165, 1.54) is 0 Å². The molecular formula is C11H20N2O2. The summed E-state index contributed by atoms with van der Waals surface area (Å²) in [6, 6.07) is 0.381. The van der Waals surface area contributed by atoms with E-state index in [1.807, 2.05) is 11.9 Å². The maximum absolute atomic E-state index is 12.1. The smallest absolute Gasteiger partial charge is 0.251 e. The molecule has 2 aliphatic rings. The molecule has 4 heteroatoms. The van der Waals surface area contributed by atoms with E-state index in [4.69, 9.17) is 4.74 Å². The molecule has 0 aromatic rings. The van der Waals surface area contributed by atoms with Crippen LogP contribution in [0.2, 0.25) is 0 Å². The SMILES string of the molecule is CNCC1CCCN1C(=O)[C@H]1CCCO1. The first-order valence-electron chi connectivity index (χ1n) is 5.89. The van der Waals surface area contributed by atoms with E-state index >= 15 is 0 Å². The fraction of sp³-hybridized carbons (Fsp3) is 0.909. The van der Waals surface area contributed by atoms with Gasteiger partial charge in [-0.3, -0.25) is 4.79 Å². The predicted octanol–water partition coefficient (Wildman–Crippen LogP) is 0.376. The molecule has 0 aliphatic carbocycles. The Morgan fingerprint density at radius 1 is 1.47 bits per heavy atom. The van der Waals surface area contributed by atoms with Gasteiger partial charge in [-0.15, -0.1) is 0 Å². The van der Waals surface area contributed by atoms with Crippen LogP contribution in [0.1, 0.15) is 25.7 Å². The van der Waals surface area contributed by atoms with Gasteiger partial charge in [0.05, 0.1) is 0 Å². The van der Waals surface area contributed by atoms with Crippen LogP contribution in [0.5, 0.6) is 0 Å². The van der Waals surface area contributed by atoms with Crippen molar-refractivity contribution in [2.75, 3.05) is 26.7 Å². The highest BCUT2D eigenvalue weighted by Gasteiger charge is 2.34. The first kappa shape index (κ1) is 10.9. The summed E-state index contributed by atoms with van der Waals surface area (Å²) in [5.41, 5.74) is 0. The normalized spacial score (nSPS) is 31.1. The van der Waals surface area contributed by atoms with Crippen molar-refractivity contribution in [1.82, 2.24) is 10.2 Å². The number of carbonyl (C=O) groups is 1. The van der Waals surface area contributed by atoms with E-state index in [0.29, 0.717) is 6.04 Å². The zero-order valence-electron chi connectivity index (χ0n) is 9.37. The minimum absolute atomic E-state index is 0.151. The quantitative estimate of drug-likeness (QED) is 0.735.